The molecule has 2 aliphatic rings. The number of hydrogen-bond acceptors (Lipinski definition) is 4. The van der Waals surface area contributed by atoms with Gasteiger partial charge in [-0.2, -0.15) is 0 Å². The first-order valence-corrected chi connectivity index (χ1v) is 5.72. The lowest BCUT2D eigenvalue weighted by atomic mass is 9.88. The fourth-order valence-corrected chi connectivity index (χ4v) is 2.48. The van der Waals surface area contributed by atoms with Gasteiger partial charge < -0.3 is 10.9 Å². The van der Waals surface area contributed by atoms with Crippen LogP contribution in [0, 0.1) is 0 Å². The summed E-state index contributed by atoms with van der Waals surface area (Å²) in [5.74, 6) is -0.324. The Kier molecular flexibility index (Phi) is 3.19. The van der Waals surface area contributed by atoms with Gasteiger partial charge in [0.05, 0.1) is 17.2 Å². The Bertz CT molecular complexity index is 460. The number of ether oxygens (including phenoxy) is 1. The molecule has 0 atom stereocenters. The molecular weight excluding hydrogens is 232 g/mol. The predicted octanol–water partition coefficient (Wildman–Crippen LogP) is 1.62. The molecule has 0 spiro atoms. The van der Waals surface area contributed by atoms with E-state index in [-0.39, 0.29) is 30.1 Å². The SMILES string of the molecule is CO[C@H]1C[C@H](N2C(=O)c3ccccc3C2=O)C1.N. The van der Waals surface area contributed by atoms with E-state index in [0.29, 0.717) is 11.1 Å². The zero-order valence-corrected chi connectivity index (χ0v) is 10.3. The molecule has 3 N–H and O–H groups in total. The van der Waals surface area contributed by atoms with Crippen molar-refractivity contribution in [2.75, 3.05) is 7.11 Å². The number of benzene rings is 1. The second-order valence-corrected chi connectivity index (χ2v) is 4.51. The van der Waals surface area contributed by atoms with E-state index in [1.807, 2.05) is 0 Å². The topological polar surface area (TPSA) is 81.6 Å². The van der Waals surface area contributed by atoms with Crippen molar-refractivity contribution in [3.8, 4) is 0 Å². The minimum absolute atomic E-state index is 0. The van der Waals surface area contributed by atoms with Crippen LogP contribution in [0.4, 0.5) is 0 Å². The highest BCUT2D eigenvalue weighted by Crippen LogP contribution is 2.34. The summed E-state index contributed by atoms with van der Waals surface area (Å²) in [6.07, 6.45) is 1.69. The average Bonchev–Trinajstić information content (AvgIpc) is 2.54. The minimum atomic E-state index is -0.162. The van der Waals surface area contributed by atoms with E-state index >= 15 is 0 Å². The van der Waals surface area contributed by atoms with Gasteiger partial charge in [-0.1, -0.05) is 12.1 Å². The number of carbonyl (C=O) groups excluding carboxylic acids is 2. The lowest BCUT2D eigenvalue weighted by molar-refractivity contribution is -0.0142. The molecule has 0 saturated heterocycles. The maximum atomic E-state index is 12.1. The molecule has 3 rings (SSSR count). The molecule has 1 heterocycles. The zero-order chi connectivity index (χ0) is 12.0. The highest BCUT2D eigenvalue weighted by molar-refractivity contribution is 6.21. The van der Waals surface area contributed by atoms with Crippen LogP contribution in [0.5, 0.6) is 0 Å². The summed E-state index contributed by atoms with van der Waals surface area (Å²) in [6.45, 7) is 0. The molecular formula is C13H16N2O3. The maximum Gasteiger partial charge on any atom is 0.261 e. The number of nitrogens with zero attached hydrogens (tertiary/aromatic N) is 1. The Hall–Kier alpha value is -1.72. The van der Waals surface area contributed by atoms with Crippen molar-refractivity contribution in [2.24, 2.45) is 0 Å². The van der Waals surface area contributed by atoms with E-state index in [0.717, 1.165) is 12.8 Å². The van der Waals surface area contributed by atoms with Crippen LogP contribution in [0.3, 0.4) is 0 Å². The molecule has 5 heteroatoms. The minimum Gasteiger partial charge on any atom is -0.381 e. The van der Waals surface area contributed by atoms with Gasteiger partial charge in [0.1, 0.15) is 0 Å². The summed E-state index contributed by atoms with van der Waals surface area (Å²) in [5.41, 5.74) is 1.05. The van der Waals surface area contributed by atoms with Crippen molar-refractivity contribution in [2.45, 2.75) is 25.0 Å². The Morgan fingerprint density at radius 1 is 1.11 bits per heavy atom. The van der Waals surface area contributed by atoms with Crippen molar-refractivity contribution in [3.63, 3.8) is 0 Å². The average molecular weight is 248 g/mol. The van der Waals surface area contributed by atoms with Crippen LogP contribution in [0.15, 0.2) is 24.3 Å². The fourth-order valence-electron chi connectivity index (χ4n) is 2.48. The number of carbonyl (C=O) groups is 2. The number of methoxy groups -OCH3 is 1. The molecule has 1 aromatic carbocycles. The molecule has 5 nitrogen and oxygen atoms in total. The summed E-state index contributed by atoms with van der Waals surface area (Å²) < 4.78 is 5.17. The van der Waals surface area contributed by atoms with E-state index in [9.17, 15) is 9.59 Å². The van der Waals surface area contributed by atoms with Gasteiger partial charge in [0.25, 0.3) is 11.8 Å². The smallest absolute Gasteiger partial charge is 0.261 e. The molecule has 0 bridgehead atoms. The van der Waals surface area contributed by atoms with Gasteiger partial charge in [-0.15, -0.1) is 0 Å². The molecule has 0 radical (unpaired) electrons. The van der Waals surface area contributed by atoms with E-state index in [4.69, 9.17) is 4.74 Å². The third-order valence-corrected chi connectivity index (χ3v) is 3.59. The second kappa shape index (κ2) is 4.51. The largest absolute Gasteiger partial charge is 0.381 e. The van der Waals surface area contributed by atoms with Crippen LogP contribution in [0.25, 0.3) is 0 Å². The van der Waals surface area contributed by atoms with Gasteiger partial charge in [0.15, 0.2) is 0 Å². The van der Waals surface area contributed by atoms with E-state index in [1.54, 1.807) is 31.4 Å². The van der Waals surface area contributed by atoms with Crippen molar-refractivity contribution in [1.29, 1.82) is 0 Å². The highest BCUT2D eigenvalue weighted by atomic mass is 16.5. The molecule has 0 aromatic heterocycles. The monoisotopic (exact) mass is 248 g/mol. The molecule has 1 aromatic rings. The number of fused-ring (bicyclic) bond motifs is 1. The van der Waals surface area contributed by atoms with Crippen LogP contribution in [0.1, 0.15) is 33.6 Å². The molecule has 0 unspecified atom stereocenters. The predicted molar refractivity (Wildman–Crippen MR) is 65.8 cm³/mol. The van der Waals surface area contributed by atoms with Gasteiger partial charge in [-0.25, -0.2) is 0 Å². The van der Waals surface area contributed by atoms with Crippen molar-refractivity contribution in [3.05, 3.63) is 35.4 Å². The van der Waals surface area contributed by atoms with Gasteiger partial charge in [-0.05, 0) is 25.0 Å². The lowest BCUT2D eigenvalue weighted by Crippen LogP contribution is -2.50. The first-order chi connectivity index (χ1) is 8.22. The van der Waals surface area contributed by atoms with Crippen LogP contribution in [-0.4, -0.2) is 36.0 Å². The Labute approximate surface area is 105 Å². The van der Waals surface area contributed by atoms with Gasteiger partial charge >= 0.3 is 0 Å². The van der Waals surface area contributed by atoms with Gasteiger partial charge in [-0.3, -0.25) is 14.5 Å². The summed E-state index contributed by atoms with van der Waals surface area (Å²) >= 11 is 0. The van der Waals surface area contributed by atoms with Crippen molar-refractivity contribution < 1.29 is 14.3 Å². The molecule has 96 valence electrons. The van der Waals surface area contributed by atoms with E-state index in [2.05, 4.69) is 0 Å². The van der Waals surface area contributed by atoms with E-state index in [1.165, 1.54) is 4.90 Å². The highest BCUT2D eigenvalue weighted by Gasteiger charge is 2.44. The molecule has 1 aliphatic heterocycles. The summed E-state index contributed by atoms with van der Waals surface area (Å²) in [5, 5.41) is 0. The second-order valence-electron chi connectivity index (χ2n) is 4.51. The maximum absolute atomic E-state index is 12.1. The van der Waals surface area contributed by atoms with Crippen LogP contribution >= 0.6 is 0 Å². The first kappa shape index (κ1) is 12.7. The number of imide groups is 1. The zero-order valence-electron chi connectivity index (χ0n) is 10.3. The number of amides is 2. The Morgan fingerprint density at radius 2 is 1.61 bits per heavy atom. The molecule has 1 aliphatic carbocycles. The van der Waals surface area contributed by atoms with Crippen molar-refractivity contribution >= 4 is 11.8 Å². The third-order valence-electron chi connectivity index (χ3n) is 3.59. The Balaban J connectivity index is 0.00000120. The van der Waals surface area contributed by atoms with Crippen LogP contribution in [-0.2, 0) is 4.74 Å². The molecule has 18 heavy (non-hydrogen) atoms. The lowest BCUT2D eigenvalue weighted by Gasteiger charge is -2.38. The van der Waals surface area contributed by atoms with Gasteiger partial charge in [0, 0.05) is 13.2 Å². The van der Waals surface area contributed by atoms with Crippen LogP contribution in [0.2, 0.25) is 0 Å². The third kappa shape index (κ3) is 1.63. The van der Waals surface area contributed by atoms with Crippen LogP contribution < -0.4 is 6.15 Å². The summed E-state index contributed by atoms with van der Waals surface area (Å²) in [4.78, 5) is 25.6. The fraction of sp³-hybridized carbons (Fsp3) is 0.385. The summed E-state index contributed by atoms with van der Waals surface area (Å²) in [6, 6.07) is 7.00. The molecule has 1 saturated carbocycles. The van der Waals surface area contributed by atoms with Crippen molar-refractivity contribution in [1.82, 2.24) is 11.1 Å². The molecule has 1 fully saturated rings. The number of hydrogen-bond donors (Lipinski definition) is 1. The normalized spacial score (nSPS) is 25.5. The van der Waals surface area contributed by atoms with Gasteiger partial charge in [0.2, 0.25) is 0 Å². The Morgan fingerprint density at radius 3 is 2.06 bits per heavy atom. The standard InChI is InChI=1S/C13H13NO3.H3N/c1-17-9-6-8(7-9)14-12(15)10-4-2-3-5-11(10)13(14)16;/h2-5,8-9H,6-7H2,1H3;1H3/t8-,9-;. The quantitative estimate of drug-likeness (QED) is 0.806. The molecule has 2 amide bonds. The summed E-state index contributed by atoms with van der Waals surface area (Å²) in [7, 11) is 1.66. The first-order valence-electron chi connectivity index (χ1n) is 5.72. The van der Waals surface area contributed by atoms with E-state index < -0.39 is 0 Å². The number of rotatable bonds is 2.